The summed E-state index contributed by atoms with van der Waals surface area (Å²) in [5, 5.41) is -0.293. The largest absolute Gasteiger partial charge is 0.479 e. The summed E-state index contributed by atoms with van der Waals surface area (Å²) in [6, 6.07) is 2.97. The first-order valence-corrected chi connectivity index (χ1v) is 11.3. The summed E-state index contributed by atoms with van der Waals surface area (Å²) in [4.78, 5) is 51.5. The van der Waals surface area contributed by atoms with E-state index in [1.165, 1.54) is 18.2 Å². The van der Waals surface area contributed by atoms with Crippen LogP contribution in [0.4, 0.5) is 4.79 Å². The number of nitrogens with zero attached hydrogens (tertiary/aromatic N) is 2. The molecule has 2 heterocycles. The molecule has 3 amide bonds. The van der Waals surface area contributed by atoms with Crippen molar-refractivity contribution in [2.45, 2.75) is 6.92 Å². The van der Waals surface area contributed by atoms with Gasteiger partial charge in [-0.05, 0) is 42.5 Å². The van der Waals surface area contributed by atoms with Gasteiger partial charge in [-0.1, -0.05) is 23.2 Å². The number of thioether (sulfide) groups is 1. The van der Waals surface area contributed by atoms with E-state index in [4.69, 9.17) is 37.4 Å². The van der Waals surface area contributed by atoms with Gasteiger partial charge in [-0.3, -0.25) is 19.3 Å². The molecular weight excluding hydrogens is 483 g/mol. The van der Waals surface area contributed by atoms with Gasteiger partial charge in [0.25, 0.3) is 11.1 Å². The number of halogens is 2. The van der Waals surface area contributed by atoms with Crippen LogP contribution < -0.4 is 4.74 Å². The van der Waals surface area contributed by atoms with Crippen LogP contribution in [0.25, 0.3) is 6.08 Å². The molecule has 0 N–H and O–H groups in total. The third kappa shape index (κ3) is 5.94. The van der Waals surface area contributed by atoms with Gasteiger partial charge < -0.3 is 19.1 Å². The lowest BCUT2D eigenvalue weighted by molar-refractivity contribution is -0.145. The van der Waals surface area contributed by atoms with Crippen molar-refractivity contribution in [3.8, 4) is 5.75 Å². The number of hydrogen-bond acceptors (Lipinski definition) is 8. The third-order valence-corrected chi connectivity index (χ3v) is 5.96. The van der Waals surface area contributed by atoms with E-state index < -0.39 is 17.1 Å². The molecule has 0 radical (unpaired) electrons. The molecule has 1 aromatic carbocycles. The Morgan fingerprint density at radius 3 is 2.47 bits per heavy atom. The molecule has 172 valence electrons. The van der Waals surface area contributed by atoms with E-state index in [9.17, 15) is 19.2 Å². The molecule has 12 heteroatoms. The first kappa shape index (κ1) is 24.4. The van der Waals surface area contributed by atoms with Gasteiger partial charge in [-0.25, -0.2) is 4.79 Å². The Hall–Kier alpha value is -2.27. The Kier molecular flexibility index (Phi) is 8.41. The highest BCUT2D eigenvalue weighted by molar-refractivity contribution is 8.18. The summed E-state index contributed by atoms with van der Waals surface area (Å²) in [6.45, 7) is 2.90. The van der Waals surface area contributed by atoms with Crippen molar-refractivity contribution >= 4 is 64.1 Å². The maximum atomic E-state index is 12.7. The predicted octanol–water partition coefficient (Wildman–Crippen LogP) is 2.83. The van der Waals surface area contributed by atoms with Crippen LogP contribution in [0.2, 0.25) is 10.0 Å². The van der Waals surface area contributed by atoms with Gasteiger partial charge >= 0.3 is 5.97 Å². The van der Waals surface area contributed by atoms with Crippen LogP contribution in [0.15, 0.2) is 17.0 Å². The molecule has 0 unspecified atom stereocenters. The number of imide groups is 1. The first-order chi connectivity index (χ1) is 15.3. The van der Waals surface area contributed by atoms with E-state index in [0.717, 1.165) is 16.7 Å². The Balaban J connectivity index is 1.69. The van der Waals surface area contributed by atoms with Crippen molar-refractivity contribution < 1.29 is 33.4 Å². The van der Waals surface area contributed by atoms with Crippen molar-refractivity contribution in [1.29, 1.82) is 0 Å². The highest BCUT2D eigenvalue weighted by Crippen LogP contribution is 2.37. The number of rotatable bonds is 7. The van der Waals surface area contributed by atoms with Gasteiger partial charge in [0.15, 0.2) is 12.4 Å². The molecule has 3 rings (SSSR count). The van der Waals surface area contributed by atoms with Crippen LogP contribution in [0.1, 0.15) is 12.5 Å². The van der Waals surface area contributed by atoms with Crippen molar-refractivity contribution in [2.75, 3.05) is 46.1 Å². The number of carbonyl (C=O) groups excluding carboxylic acids is 4. The number of amides is 3. The SMILES string of the molecule is CCOC(=O)COc1c(Cl)cc(/C=C2/SC(=O)N(CC(=O)N3CCOCC3)C2=O)cc1Cl. The summed E-state index contributed by atoms with van der Waals surface area (Å²) in [6.07, 6.45) is 1.46. The summed E-state index contributed by atoms with van der Waals surface area (Å²) >= 11 is 13.1. The van der Waals surface area contributed by atoms with Crippen molar-refractivity contribution in [3.63, 3.8) is 0 Å². The minimum atomic E-state index is -0.573. The Morgan fingerprint density at radius 1 is 1.19 bits per heavy atom. The lowest BCUT2D eigenvalue weighted by atomic mass is 10.2. The molecule has 9 nitrogen and oxygen atoms in total. The predicted molar refractivity (Wildman–Crippen MR) is 119 cm³/mol. The molecule has 0 bridgehead atoms. The van der Waals surface area contributed by atoms with E-state index in [1.807, 2.05) is 0 Å². The van der Waals surface area contributed by atoms with Gasteiger partial charge in [0, 0.05) is 13.1 Å². The molecule has 1 aromatic rings. The summed E-state index contributed by atoms with van der Waals surface area (Å²) in [5.74, 6) is -1.35. The second-order valence-electron chi connectivity index (χ2n) is 6.67. The van der Waals surface area contributed by atoms with Crippen molar-refractivity contribution in [1.82, 2.24) is 9.80 Å². The Bertz CT molecular complexity index is 940. The smallest absolute Gasteiger partial charge is 0.344 e. The topological polar surface area (TPSA) is 102 Å². The van der Waals surface area contributed by atoms with E-state index in [2.05, 4.69) is 0 Å². The number of hydrogen-bond donors (Lipinski definition) is 0. The molecule has 32 heavy (non-hydrogen) atoms. The zero-order chi connectivity index (χ0) is 23.3. The Morgan fingerprint density at radius 2 is 1.84 bits per heavy atom. The lowest BCUT2D eigenvalue weighted by Gasteiger charge is -2.28. The molecule has 0 spiro atoms. The van der Waals surface area contributed by atoms with Crippen molar-refractivity contribution in [2.24, 2.45) is 0 Å². The number of morpholine rings is 1. The fraction of sp³-hybridized carbons (Fsp3) is 0.400. The van der Waals surface area contributed by atoms with Crippen LogP contribution in [0.3, 0.4) is 0 Å². The molecule has 2 saturated heterocycles. The van der Waals surface area contributed by atoms with E-state index in [0.29, 0.717) is 31.9 Å². The van der Waals surface area contributed by atoms with E-state index in [1.54, 1.807) is 11.8 Å². The van der Waals surface area contributed by atoms with Crippen LogP contribution in [0.5, 0.6) is 5.75 Å². The second kappa shape index (κ2) is 11.0. The van der Waals surface area contributed by atoms with Gasteiger partial charge in [0.2, 0.25) is 5.91 Å². The maximum Gasteiger partial charge on any atom is 0.344 e. The fourth-order valence-corrected chi connectivity index (χ4v) is 4.42. The number of carbonyl (C=O) groups is 4. The standard InChI is InChI=1S/C20H20Cl2N2O7S/c1-2-30-17(26)11-31-18-13(21)7-12(8-14(18)22)9-15-19(27)24(20(28)32-15)10-16(25)23-3-5-29-6-4-23/h7-9H,2-6,10-11H2,1H3/b15-9+. The van der Waals surface area contributed by atoms with Gasteiger partial charge in [0.05, 0.1) is 34.8 Å². The summed E-state index contributed by atoms with van der Waals surface area (Å²) in [7, 11) is 0. The fourth-order valence-electron chi connectivity index (χ4n) is 2.97. The molecule has 0 saturated carbocycles. The van der Waals surface area contributed by atoms with E-state index in [-0.39, 0.29) is 46.4 Å². The zero-order valence-electron chi connectivity index (χ0n) is 17.1. The molecular formula is C20H20Cl2N2O7S. The number of esters is 1. The first-order valence-electron chi connectivity index (χ1n) is 9.68. The summed E-state index contributed by atoms with van der Waals surface area (Å²) < 4.78 is 15.3. The van der Waals surface area contributed by atoms with Crippen LogP contribution in [0, 0.1) is 0 Å². The quantitative estimate of drug-likeness (QED) is 0.414. The number of ether oxygens (including phenoxy) is 3. The normalized spacial score (nSPS) is 17.8. The Labute approximate surface area is 198 Å². The minimum absolute atomic E-state index is 0.0998. The van der Waals surface area contributed by atoms with Gasteiger partial charge in [-0.2, -0.15) is 0 Å². The highest BCUT2D eigenvalue weighted by Gasteiger charge is 2.37. The summed E-state index contributed by atoms with van der Waals surface area (Å²) in [5.41, 5.74) is 0.452. The number of benzene rings is 1. The van der Waals surface area contributed by atoms with Crippen molar-refractivity contribution in [3.05, 3.63) is 32.6 Å². The van der Waals surface area contributed by atoms with Crippen LogP contribution in [-0.4, -0.2) is 78.9 Å². The highest BCUT2D eigenvalue weighted by atomic mass is 35.5. The molecule has 2 aliphatic heterocycles. The average Bonchev–Trinajstić information content (AvgIpc) is 3.01. The van der Waals surface area contributed by atoms with Crippen LogP contribution in [-0.2, 0) is 23.9 Å². The zero-order valence-corrected chi connectivity index (χ0v) is 19.4. The van der Waals surface area contributed by atoms with E-state index >= 15 is 0 Å². The average molecular weight is 503 g/mol. The molecule has 2 fully saturated rings. The maximum absolute atomic E-state index is 12.7. The van der Waals surface area contributed by atoms with Gasteiger partial charge in [0.1, 0.15) is 6.54 Å². The monoisotopic (exact) mass is 502 g/mol. The molecule has 0 atom stereocenters. The lowest BCUT2D eigenvalue weighted by Crippen LogP contribution is -2.46. The molecule has 2 aliphatic rings. The third-order valence-electron chi connectivity index (χ3n) is 4.49. The minimum Gasteiger partial charge on any atom is -0.479 e. The van der Waals surface area contributed by atoms with Crippen LogP contribution >= 0.6 is 35.0 Å². The molecule has 0 aliphatic carbocycles. The molecule has 0 aromatic heterocycles. The van der Waals surface area contributed by atoms with Gasteiger partial charge in [-0.15, -0.1) is 0 Å². The second-order valence-corrected chi connectivity index (χ2v) is 8.48.